The molecule has 142 valence electrons. The zero-order chi connectivity index (χ0) is 18.6. The maximum absolute atomic E-state index is 13.1. The molecule has 0 N–H and O–H groups in total. The highest BCUT2D eigenvalue weighted by molar-refractivity contribution is 6.33. The third kappa shape index (κ3) is 4.20. The summed E-state index contributed by atoms with van der Waals surface area (Å²) in [6.45, 7) is 5.03. The first kappa shape index (κ1) is 18.5. The summed E-state index contributed by atoms with van der Waals surface area (Å²) >= 11 is 6.29. The molecule has 2 aliphatic heterocycles. The molecule has 4 rings (SSSR count). The average molecular weight is 383 g/mol. The molecular weight excluding hydrogens is 356 g/mol. The molecule has 0 aromatic heterocycles. The Balaban J connectivity index is 1.55. The van der Waals surface area contributed by atoms with Gasteiger partial charge in [-0.1, -0.05) is 60.5 Å². The van der Waals surface area contributed by atoms with E-state index in [2.05, 4.69) is 35.2 Å². The number of carbonyl (C=O) groups is 1. The largest absolute Gasteiger partial charge is 0.338 e. The van der Waals surface area contributed by atoms with Crippen molar-refractivity contribution in [3.63, 3.8) is 0 Å². The molecule has 2 heterocycles. The molecule has 0 unspecified atom stereocenters. The maximum atomic E-state index is 13.1. The van der Waals surface area contributed by atoms with E-state index in [-0.39, 0.29) is 5.91 Å². The van der Waals surface area contributed by atoms with Crippen LogP contribution in [0.15, 0.2) is 54.6 Å². The van der Waals surface area contributed by atoms with Gasteiger partial charge in [-0.15, -0.1) is 0 Å². The first-order valence-corrected chi connectivity index (χ1v) is 10.4. The van der Waals surface area contributed by atoms with Crippen molar-refractivity contribution in [2.24, 2.45) is 5.92 Å². The van der Waals surface area contributed by atoms with Crippen LogP contribution in [0.2, 0.25) is 5.02 Å². The molecule has 27 heavy (non-hydrogen) atoms. The fraction of sp³-hybridized carbons (Fsp3) is 0.435. The van der Waals surface area contributed by atoms with Crippen LogP contribution in [0.3, 0.4) is 0 Å². The second-order valence-electron chi connectivity index (χ2n) is 7.83. The highest BCUT2D eigenvalue weighted by atomic mass is 35.5. The van der Waals surface area contributed by atoms with Gasteiger partial charge < -0.3 is 9.80 Å². The van der Waals surface area contributed by atoms with E-state index < -0.39 is 0 Å². The first-order chi connectivity index (χ1) is 13.2. The zero-order valence-corrected chi connectivity index (χ0v) is 16.4. The number of benzene rings is 2. The van der Waals surface area contributed by atoms with Gasteiger partial charge >= 0.3 is 0 Å². The summed E-state index contributed by atoms with van der Waals surface area (Å²) in [6, 6.07) is 18.1. The van der Waals surface area contributed by atoms with E-state index in [0.717, 1.165) is 19.6 Å². The van der Waals surface area contributed by atoms with E-state index >= 15 is 0 Å². The Hall–Kier alpha value is -1.84. The van der Waals surface area contributed by atoms with Gasteiger partial charge in [-0.2, -0.15) is 0 Å². The molecule has 2 atom stereocenters. The number of amides is 1. The van der Waals surface area contributed by atoms with E-state index in [1.807, 2.05) is 23.1 Å². The van der Waals surface area contributed by atoms with Crippen LogP contribution in [0.1, 0.15) is 41.1 Å². The number of piperidine rings is 1. The summed E-state index contributed by atoms with van der Waals surface area (Å²) in [5.41, 5.74) is 1.96. The van der Waals surface area contributed by atoms with Crippen molar-refractivity contribution in [1.82, 2.24) is 9.80 Å². The monoisotopic (exact) mass is 382 g/mol. The minimum atomic E-state index is 0.0580. The molecule has 1 amide bonds. The number of likely N-dealkylation sites (tertiary alicyclic amines) is 2. The molecule has 0 spiro atoms. The van der Waals surface area contributed by atoms with Gasteiger partial charge in [0.05, 0.1) is 10.6 Å². The Morgan fingerprint density at radius 2 is 1.63 bits per heavy atom. The Bertz CT molecular complexity index is 773. The van der Waals surface area contributed by atoms with E-state index in [1.165, 1.54) is 37.9 Å². The van der Waals surface area contributed by atoms with Gasteiger partial charge in [-0.25, -0.2) is 0 Å². The standard InChI is InChI=1S/C23H27ClN2O/c24-22-12-6-5-11-20(22)23(27)26-16-19(15-25-13-7-2-8-14-25)21(17-26)18-9-3-1-4-10-18/h1,3-6,9-12,19,21H,2,7-8,13-17H2/t19-,21+/m1/s1. The van der Waals surface area contributed by atoms with Crippen LogP contribution < -0.4 is 0 Å². The van der Waals surface area contributed by atoms with Crippen molar-refractivity contribution in [2.75, 3.05) is 32.7 Å². The van der Waals surface area contributed by atoms with Crippen molar-refractivity contribution >= 4 is 17.5 Å². The Morgan fingerprint density at radius 1 is 0.926 bits per heavy atom. The smallest absolute Gasteiger partial charge is 0.255 e. The van der Waals surface area contributed by atoms with Crippen molar-refractivity contribution in [1.29, 1.82) is 0 Å². The van der Waals surface area contributed by atoms with E-state index in [4.69, 9.17) is 11.6 Å². The molecule has 2 saturated heterocycles. The van der Waals surface area contributed by atoms with Gasteiger partial charge in [0, 0.05) is 25.6 Å². The summed E-state index contributed by atoms with van der Waals surface area (Å²) in [6.07, 6.45) is 3.94. The predicted molar refractivity (Wildman–Crippen MR) is 110 cm³/mol. The fourth-order valence-corrected chi connectivity index (χ4v) is 4.80. The third-order valence-corrected chi connectivity index (χ3v) is 6.33. The van der Waals surface area contributed by atoms with E-state index in [0.29, 0.717) is 22.4 Å². The molecule has 3 nitrogen and oxygen atoms in total. The topological polar surface area (TPSA) is 23.6 Å². The minimum absolute atomic E-state index is 0.0580. The molecule has 2 aromatic rings. The molecule has 4 heteroatoms. The van der Waals surface area contributed by atoms with Crippen LogP contribution in [-0.4, -0.2) is 48.4 Å². The number of rotatable bonds is 4. The summed E-state index contributed by atoms with van der Waals surface area (Å²) < 4.78 is 0. The minimum Gasteiger partial charge on any atom is -0.338 e. The highest BCUT2D eigenvalue weighted by Crippen LogP contribution is 2.35. The molecule has 0 bridgehead atoms. The molecular formula is C23H27ClN2O. The van der Waals surface area contributed by atoms with E-state index in [1.54, 1.807) is 6.07 Å². The number of halogens is 1. The third-order valence-electron chi connectivity index (χ3n) is 6.00. The quantitative estimate of drug-likeness (QED) is 0.766. The van der Waals surface area contributed by atoms with Crippen LogP contribution in [-0.2, 0) is 0 Å². The van der Waals surface area contributed by atoms with Crippen LogP contribution in [0.5, 0.6) is 0 Å². The summed E-state index contributed by atoms with van der Waals surface area (Å²) in [7, 11) is 0. The number of nitrogens with zero attached hydrogens (tertiary/aromatic N) is 2. The molecule has 0 radical (unpaired) electrons. The van der Waals surface area contributed by atoms with Gasteiger partial charge in [-0.05, 0) is 49.5 Å². The first-order valence-electron chi connectivity index (χ1n) is 10.0. The van der Waals surface area contributed by atoms with Crippen LogP contribution >= 0.6 is 11.6 Å². The van der Waals surface area contributed by atoms with Gasteiger partial charge in [0.15, 0.2) is 0 Å². The fourth-order valence-electron chi connectivity index (χ4n) is 4.58. The van der Waals surface area contributed by atoms with Gasteiger partial charge in [0.2, 0.25) is 0 Å². The second kappa shape index (κ2) is 8.45. The number of hydrogen-bond acceptors (Lipinski definition) is 2. The lowest BCUT2D eigenvalue weighted by molar-refractivity contribution is 0.0782. The molecule has 2 fully saturated rings. The lowest BCUT2D eigenvalue weighted by Crippen LogP contribution is -2.36. The Labute approximate surface area is 166 Å². The van der Waals surface area contributed by atoms with Gasteiger partial charge in [-0.3, -0.25) is 4.79 Å². The van der Waals surface area contributed by atoms with Gasteiger partial charge in [0.25, 0.3) is 5.91 Å². The maximum Gasteiger partial charge on any atom is 0.255 e. The normalized spacial score (nSPS) is 23.5. The van der Waals surface area contributed by atoms with Crippen LogP contribution in [0.4, 0.5) is 0 Å². The second-order valence-corrected chi connectivity index (χ2v) is 8.24. The van der Waals surface area contributed by atoms with Crippen molar-refractivity contribution in [3.8, 4) is 0 Å². The summed E-state index contributed by atoms with van der Waals surface area (Å²) in [5.74, 6) is 0.916. The van der Waals surface area contributed by atoms with E-state index in [9.17, 15) is 4.79 Å². The molecule has 0 aliphatic carbocycles. The lowest BCUT2D eigenvalue weighted by atomic mass is 9.88. The average Bonchev–Trinajstić information content (AvgIpc) is 3.13. The zero-order valence-electron chi connectivity index (χ0n) is 15.7. The molecule has 2 aromatic carbocycles. The summed E-state index contributed by atoms with van der Waals surface area (Å²) in [4.78, 5) is 17.7. The highest BCUT2D eigenvalue weighted by Gasteiger charge is 2.37. The lowest BCUT2D eigenvalue weighted by Gasteiger charge is -2.31. The van der Waals surface area contributed by atoms with Crippen molar-refractivity contribution in [2.45, 2.75) is 25.2 Å². The number of carbonyl (C=O) groups excluding carboxylic acids is 1. The van der Waals surface area contributed by atoms with Gasteiger partial charge in [0.1, 0.15) is 0 Å². The Kier molecular flexibility index (Phi) is 5.80. The van der Waals surface area contributed by atoms with Crippen LogP contribution in [0, 0.1) is 5.92 Å². The molecule has 2 aliphatic rings. The van der Waals surface area contributed by atoms with Crippen molar-refractivity contribution in [3.05, 3.63) is 70.7 Å². The SMILES string of the molecule is O=C(c1ccccc1Cl)N1C[C@@H](CN2CCCCC2)[C@H](c2ccccc2)C1. The predicted octanol–water partition coefficient (Wildman–Crippen LogP) is 4.68. The molecule has 0 saturated carbocycles. The number of hydrogen-bond donors (Lipinski definition) is 0. The summed E-state index contributed by atoms with van der Waals surface area (Å²) in [5, 5.41) is 0.540. The van der Waals surface area contributed by atoms with Crippen LogP contribution in [0.25, 0.3) is 0 Å². The Morgan fingerprint density at radius 3 is 2.37 bits per heavy atom. The van der Waals surface area contributed by atoms with Crippen molar-refractivity contribution < 1.29 is 4.79 Å².